The Morgan fingerprint density at radius 2 is 1.18 bits per heavy atom. The van der Waals surface area contributed by atoms with Crippen molar-refractivity contribution in [1.29, 1.82) is 0 Å². The first-order valence-electron chi connectivity index (χ1n) is 10.9. The van der Waals surface area contributed by atoms with Gasteiger partial charge >= 0.3 is 0 Å². The Balaban J connectivity index is 2.69. The second-order valence-corrected chi connectivity index (χ2v) is 9.45. The van der Waals surface area contributed by atoms with Gasteiger partial charge in [0, 0.05) is 13.1 Å². The van der Waals surface area contributed by atoms with Gasteiger partial charge in [-0.2, -0.15) is 4.31 Å². The monoisotopic (exact) mass is 417 g/mol. The minimum atomic E-state index is -3.81. The molecule has 1 aromatic carbocycles. The highest BCUT2D eigenvalue weighted by Gasteiger charge is 2.24. The van der Waals surface area contributed by atoms with Crippen LogP contribution in [0.1, 0.15) is 90.9 Å². The normalized spacial score (nSPS) is 12.0. The van der Waals surface area contributed by atoms with Crippen LogP contribution in [0.4, 0.5) is 8.78 Å². The highest BCUT2D eigenvalue weighted by atomic mass is 32.2. The van der Waals surface area contributed by atoms with Gasteiger partial charge in [-0.15, -0.1) is 0 Å². The summed E-state index contributed by atoms with van der Waals surface area (Å²) >= 11 is 0. The summed E-state index contributed by atoms with van der Waals surface area (Å²) in [5, 5.41) is 0. The van der Waals surface area contributed by atoms with Gasteiger partial charge in [0.1, 0.15) is 0 Å². The van der Waals surface area contributed by atoms with Crippen molar-refractivity contribution in [3.63, 3.8) is 0 Å². The molecular weight excluding hydrogens is 380 g/mol. The topological polar surface area (TPSA) is 37.4 Å². The zero-order chi connectivity index (χ0) is 20.8. The lowest BCUT2D eigenvalue weighted by molar-refractivity contribution is 0.383. The average molecular weight is 418 g/mol. The average Bonchev–Trinajstić information content (AvgIpc) is 2.67. The summed E-state index contributed by atoms with van der Waals surface area (Å²) in [6.45, 7) is 5.19. The molecule has 0 bridgehead atoms. The number of hydrogen-bond donors (Lipinski definition) is 0. The highest BCUT2D eigenvalue weighted by Crippen LogP contribution is 2.20. The number of rotatable bonds is 16. The Morgan fingerprint density at radius 1 is 0.714 bits per heavy atom. The summed E-state index contributed by atoms with van der Waals surface area (Å²) in [6, 6.07) is 2.83. The molecule has 0 spiro atoms. The van der Waals surface area contributed by atoms with Crippen LogP contribution in [0.5, 0.6) is 0 Å². The summed E-state index contributed by atoms with van der Waals surface area (Å²) in [4.78, 5) is -0.164. The molecule has 0 aliphatic rings. The van der Waals surface area contributed by atoms with Gasteiger partial charge in [0.05, 0.1) is 4.90 Å². The second-order valence-electron chi connectivity index (χ2n) is 7.52. The number of halogens is 2. The molecule has 0 heterocycles. The van der Waals surface area contributed by atoms with Crippen LogP contribution in [0.15, 0.2) is 23.1 Å². The summed E-state index contributed by atoms with van der Waals surface area (Å²) in [7, 11) is -3.81. The van der Waals surface area contributed by atoms with Crippen LogP contribution < -0.4 is 0 Å². The summed E-state index contributed by atoms with van der Waals surface area (Å²) < 4.78 is 54.2. The molecule has 162 valence electrons. The van der Waals surface area contributed by atoms with Gasteiger partial charge in [0.15, 0.2) is 11.6 Å². The van der Waals surface area contributed by atoms with Gasteiger partial charge in [0.2, 0.25) is 10.0 Å². The summed E-state index contributed by atoms with van der Waals surface area (Å²) in [6.07, 6.45) is 12.9. The maximum absolute atomic E-state index is 13.6. The van der Waals surface area contributed by atoms with Crippen LogP contribution >= 0.6 is 0 Å². The first kappa shape index (κ1) is 25.0. The fourth-order valence-electron chi connectivity index (χ4n) is 3.28. The smallest absolute Gasteiger partial charge is 0.207 e. The van der Waals surface area contributed by atoms with Crippen LogP contribution in [0.25, 0.3) is 0 Å². The molecule has 0 unspecified atom stereocenters. The maximum Gasteiger partial charge on any atom is 0.243 e. The number of nitrogens with zero attached hydrogens (tertiary/aromatic N) is 1. The third-order valence-corrected chi connectivity index (χ3v) is 6.95. The number of hydrogen-bond acceptors (Lipinski definition) is 2. The second kappa shape index (κ2) is 14.0. The first-order chi connectivity index (χ1) is 13.4. The van der Waals surface area contributed by atoms with E-state index in [0.717, 1.165) is 56.7 Å². The van der Waals surface area contributed by atoms with E-state index in [1.165, 1.54) is 42.8 Å². The van der Waals surface area contributed by atoms with E-state index < -0.39 is 21.7 Å². The molecule has 0 amide bonds. The van der Waals surface area contributed by atoms with Crippen molar-refractivity contribution in [2.75, 3.05) is 13.1 Å². The fourth-order valence-corrected chi connectivity index (χ4v) is 4.80. The van der Waals surface area contributed by atoms with E-state index in [4.69, 9.17) is 0 Å². The third-order valence-electron chi connectivity index (χ3n) is 5.05. The van der Waals surface area contributed by atoms with Crippen LogP contribution in [-0.4, -0.2) is 25.8 Å². The van der Waals surface area contributed by atoms with Crippen LogP contribution in [0.2, 0.25) is 0 Å². The SMILES string of the molecule is CCCCCCCCN(CCCCCCCC)S(=O)(=O)c1ccc(F)c(F)c1. The fraction of sp³-hybridized carbons (Fsp3) is 0.727. The summed E-state index contributed by atoms with van der Waals surface area (Å²) in [5.41, 5.74) is 0. The molecule has 1 rings (SSSR count). The molecule has 3 nitrogen and oxygen atoms in total. The molecule has 0 N–H and O–H groups in total. The lowest BCUT2D eigenvalue weighted by Crippen LogP contribution is -2.33. The zero-order valence-electron chi connectivity index (χ0n) is 17.6. The van der Waals surface area contributed by atoms with Crippen molar-refractivity contribution in [1.82, 2.24) is 4.31 Å². The Morgan fingerprint density at radius 3 is 1.64 bits per heavy atom. The van der Waals surface area contributed by atoms with E-state index in [2.05, 4.69) is 13.8 Å². The molecule has 0 saturated carbocycles. The number of benzene rings is 1. The molecule has 28 heavy (non-hydrogen) atoms. The standard InChI is InChI=1S/C22H37F2NO2S/c1-3-5-7-9-11-13-17-25(18-14-12-10-8-6-4-2)28(26,27)20-15-16-21(23)22(24)19-20/h15-16,19H,3-14,17-18H2,1-2H3. The predicted octanol–water partition coefficient (Wildman–Crippen LogP) is 6.68. The summed E-state index contributed by atoms with van der Waals surface area (Å²) in [5.74, 6) is -2.16. The Bertz CT molecular complexity index is 634. The number of sulfonamides is 1. The molecule has 0 aliphatic carbocycles. The Labute approximate surface area is 170 Å². The molecular formula is C22H37F2NO2S. The van der Waals surface area contributed by atoms with Gasteiger partial charge in [-0.3, -0.25) is 0 Å². The van der Waals surface area contributed by atoms with Crippen molar-refractivity contribution >= 4 is 10.0 Å². The molecule has 0 aromatic heterocycles. The van der Waals surface area contributed by atoms with E-state index in [1.807, 2.05) is 0 Å². The first-order valence-corrected chi connectivity index (χ1v) is 12.3. The van der Waals surface area contributed by atoms with E-state index in [1.54, 1.807) is 0 Å². The maximum atomic E-state index is 13.6. The van der Waals surface area contributed by atoms with Crippen molar-refractivity contribution in [3.05, 3.63) is 29.8 Å². The van der Waals surface area contributed by atoms with Crippen molar-refractivity contribution < 1.29 is 17.2 Å². The molecule has 6 heteroatoms. The quantitative estimate of drug-likeness (QED) is 0.281. The van der Waals surface area contributed by atoms with Crippen LogP contribution in [0.3, 0.4) is 0 Å². The van der Waals surface area contributed by atoms with Gasteiger partial charge < -0.3 is 0 Å². The minimum absolute atomic E-state index is 0.164. The van der Waals surface area contributed by atoms with Gasteiger partial charge in [-0.25, -0.2) is 17.2 Å². The van der Waals surface area contributed by atoms with E-state index >= 15 is 0 Å². The van der Waals surface area contributed by atoms with Crippen molar-refractivity contribution in [2.24, 2.45) is 0 Å². The lowest BCUT2D eigenvalue weighted by Gasteiger charge is -2.22. The third kappa shape index (κ3) is 8.99. The van der Waals surface area contributed by atoms with E-state index in [-0.39, 0.29) is 4.90 Å². The molecule has 0 saturated heterocycles. The Hall–Kier alpha value is -1.01. The molecule has 1 aromatic rings. The van der Waals surface area contributed by atoms with Crippen molar-refractivity contribution in [3.8, 4) is 0 Å². The minimum Gasteiger partial charge on any atom is -0.207 e. The molecule has 0 atom stereocenters. The highest BCUT2D eigenvalue weighted by molar-refractivity contribution is 7.89. The number of unbranched alkanes of at least 4 members (excludes halogenated alkanes) is 10. The lowest BCUT2D eigenvalue weighted by atomic mass is 10.1. The van der Waals surface area contributed by atoms with Crippen LogP contribution in [0, 0.1) is 11.6 Å². The largest absolute Gasteiger partial charge is 0.243 e. The molecule has 0 fully saturated rings. The van der Waals surface area contributed by atoms with Gasteiger partial charge in [-0.05, 0) is 31.0 Å². The molecule has 0 aliphatic heterocycles. The van der Waals surface area contributed by atoms with E-state index in [0.29, 0.717) is 13.1 Å². The molecule has 0 radical (unpaired) electrons. The van der Waals surface area contributed by atoms with Crippen LogP contribution in [-0.2, 0) is 10.0 Å². The van der Waals surface area contributed by atoms with Gasteiger partial charge in [-0.1, -0.05) is 78.1 Å². The van der Waals surface area contributed by atoms with Crippen molar-refractivity contribution in [2.45, 2.75) is 95.8 Å². The predicted molar refractivity (Wildman–Crippen MR) is 112 cm³/mol. The van der Waals surface area contributed by atoms with E-state index in [9.17, 15) is 17.2 Å². The van der Waals surface area contributed by atoms with Gasteiger partial charge in [0.25, 0.3) is 0 Å². The Kier molecular flexibility index (Phi) is 12.6. The zero-order valence-corrected chi connectivity index (χ0v) is 18.4.